The number of carbonyl (C=O) groups is 1. The minimum Gasteiger partial charge on any atom is -0.493 e. The van der Waals surface area contributed by atoms with Crippen LogP contribution in [0.4, 0.5) is 0 Å². The topological polar surface area (TPSA) is 79.5 Å². The lowest BCUT2D eigenvalue weighted by Gasteiger charge is -2.14. The van der Waals surface area contributed by atoms with Crippen LogP contribution in [-0.4, -0.2) is 18.2 Å². The fourth-order valence-electron chi connectivity index (χ4n) is 3.59. The summed E-state index contributed by atoms with van der Waals surface area (Å²) < 4.78 is 12.6. The van der Waals surface area contributed by atoms with Gasteiger partial charge < -0.3 is 14.6 Å². The number of hydrogen-bond donors (Lipinski definition) is 1. The maximum absolute atomic E-state index is 11.1. The molecular formula is C28H20INO4. The molecule has 5 nitrogen and oxygen atoms in total. The zero-order valence-electron chi connectivity index (χ0n) is 18.3. The van der Waals surface area contributed by atoms with E-state index in [9.17, 15) is 10.1 Å². The van der Waals surface area contributed by atoms with Gasteiger partial charge in [-0.15, -0.1) is 0 Å². The summed E-state index contributed by atoms with van der Waals surface area (Å²) in [7, 11) is 1.58. The number of nitriles is 1. The molecule has 168 valence electrons. The normalized spacial score (nSPS) is 11.1. The summed E-state index contributed by atoms with van der Waals surface area (Å²) in [6, 6.07) is 26.6. The molecule has 0 heterocycles. The lowest BCUT2D eigenvalue weighted by atomic mass is 10.0. The Morgan fingerprint density at radius 3 is 2.38 bits per heavy atom. The van der Waals surface area contributed by atoms with Gasteiger partial charge in [0, 0.05) is 0 Å². The SMILES string of the molecule is COc1cc(/C=C(/C#N)c2ccc(C(=O)O)cc2)cc(I)c1OCc1ccc2ccccc2c1. The molecule has 0 unspecified atom stereocenters. The molecule has 34 heavy (non-hydrogen) atoms. The number of allylic oxidation sites excluding steroid dienone is 1. The molecule has 0 fully saturated rings. The average Bonchev–Trinajstić information content (AvgIpc) is 2.86. The van der Waals surface area contributed by atoms with Gasteiger partial charge in [-0.05, 0) is 86.5 Å². The van der Waals surface area contributed by atoms with E-state index in [4.69, 9.17) is 14.6 Å². The van der Waals surface area contributed by atoms with Crippen molar-refractivity contribution in [2.24, 2.45) is 0 Å². The highest BCUT2D eigenvalue weighted by Crippen LogP contribution is 2.36. The second-order valence-electron chi connectivity index (χ2n) is 7.56. The lowest BCUT2D eigenvalue weighted by molar-refractivity contribution is 0.0697. The van der Waals surface area contributed by atoms with Gasteiger partial charge in [-0.25, -0.2) is 4.79 Å². The van der Waals surface area contributed by atoms with E-state index in [1.807, 2.05) is 30.3 Å². The molecule has 6 heteroatoms. The molecule has 0 aromatic heterocycles. The highest BCUT2D eigenvalue weighted by molar-refractivity contribution is 14.1. The molecule has 0 saturated heterocycles. The smallest absolute Gasteiger partial charge is 0.335 e. The molecule has 0 bridgehead atoms. The standard InChI is InChI=1S/C28H20INO4/c1-33-26-15-19(13-24(16-30)21-8-10-22(11-9-21)28(31)32)14-25(29)27(26)34-17-18-6-7-20-4-2-3-5-23(20)12-18/h2-15H,17H2,1H3,(H,31,32)/b24-13-. The minimum absolute atomic E-state index is 0.171. The zero-order chi connectivity index (χ0) is 24.1. The van der Waals surface area contributed by atoms with Crippen LogP contribution in [0.3, 0.4) is 0 Å². The van der Waals surface area contributed by atoms with Crippen LogP contribution in [0.5, 0.6) is 11.5 Å². The van der Waals surface area contributed by atoms with Crippen molar-refractivity contribution in [3.8, 4) is 17.6 Å². The highest BCUT2D eigenvalue weighted by atomic mass is 127. The van der Waals surface area contributed by atoms with Gasteiger partial charge in [0.1, 0.15) is 6.61 Å². The van der Waals surface area contributed by atoms with Gasteiger partial charge in [-0.2, -0.15) is 5.26 Å². The number of aromatic carboxylic acids is 1. The van der Waals surface area contributed by atoms with Crippen molar-refractivity contribution >= 4 is 51.0 Å². The minimum atomic E-state index is -1.01. The van der Waals surface area contributed by atoms with Gasteiger partial charge in [0.25, 0.3) is 0 Å². The largest absolute Gasteiger partial charge is 0.493 e. The fourth-order valence-corrected chi connectivity index (χ4v) is 4.37. The first-order valence-electron chi connectivity index (χ1n) is 10.4. The van der Waals surface area contributed by atoms with Crippen molar-refractivity contribution in [2.45, 2.75) is 6.61 Å². The van der Waals surface area contributed by atoms with Gasteiger partial charge in [0.15, 0.2) is 11.5 Å². The van der Waals surface area contributed by atoms with E-state index in [2.05, 4.69) is 52.9 Å². The Bertz CT molecular complexity index is 1440. The van der Waals surface area contributed by atoms with Gasteiger partial charge in [0.2, 0.25) is 0 Å². The number of fused-ring (bicyclic) bond motifs is 1. The summed E-state index contributed by atoms with van der Waals surface area (Å²) in [4.78, 5) is 11.1. The number of carboxylic acid groups (broad SMARTS) is 1. The predicted molar refractivity (Wildman–Crippen MR) is 141 cm³/mol. The van der Waals surface area contributed by atoms with Crippen LogP contribution in [0.2, 0.25) is 0 Å². The van der Waals surface area contributed by atoms with E-state index in [0.29, 0.717) is 29.2 Å². The van der Waals surface area contributed by atoms with Gasteiger partial charge >= 0.3 is 5.97 Å². The molecule has 0 aliphatic heterocycles. The number of carboxylic acids is 1. The van der Waals surface area contributed by atoms with Gasteiger partial charge in [0.05, 0.1) is 27.9 Å². The molecule has 0 aliphatic carbocycles. The summed E-state index contributed by atoms with van der Waals surface area (Å²) in [6.07, 6.45) is 1.74. The van der Waals surface area contributed by atoms with Crippen LogP contribution in [0.1, 0.15) is 27.0 Å². The molecule has 0 spiro atoms. The van der Waals surface area contributed by atoms with E-state index in [1.54, 1.807) is 25.3 Å². The summed E-state index contributed by atoms with van der Waals surface area (Å²) in [5.41, 5.74) is 3.05. The number of benzene rings is 4. The van der Waals surface area contributed by atoms with Crippen molar-refractivity contribution < 1.29 is 19.4 Å². The summed E-state index contributed by atoms with van der Waals surface area (Å²) in [5, 5.41) is 21.1. The van der Waals surface area contributed by atoms with E-state index in [0.717, 1.165) is 20.1 Å². The Hall–Kier alpha value is -3.83. The van der Waals surface area contributed by atoms with Crippen LogP contribution in [0, 0.1) is 14.9 Å². The Labute approximate surface area is 211 Å². The maximum atomic E-state index is 11.1. The van der Waals surface area contributed by atoms with Gasteiger partial charge in [-0.1, -0.05) is 48.5 Å². The van der Waals surface area contributed by atoms with Crippen LogP contribution in [-0.2, 0) is 6.61 Å². The molecule has 4 rings (SSSR count). The van der Waals surface area contributed by atoms with Crippen LogP contribution < -0.4 is 9.47 Å². The molecule has 4 aromatic rings. The van der Waals surface area contributed by atoms with Gasteiger partial charge in [-0.3, -0.25) is 0 Å². The summed E-state index contributed by atoms with van der Waals surface area (Å²) >= 11 is 2.19. The third kappa shape index (κ3) is 5.21. The van der Waals surface area contributed by atoms with Crippen LogP contribution in [0.15, 0.2) is 78.9 Å². The van der Waals surface area contributed by atoms with Crippen molar-refractivity contribution in [3.05, 3.63) is 105 Å². The first kappa shape index (κ1) is 23.3. The number of nitrogens with zero attached hydrogens (tertiary/aromatic N) is 1. The van der Waals surface area contributed by atoms with Crippen molar-refractivity contribution in [1.29, 1.82) is 5.26 Å². The van der Waals surface area contributed by atoms with E-state index in [-0.39, 0.29) is 5.56 Å². The molecular weight excluding hydrogens is 541 g/mol. The number of hydrogen-bond acceptors (Lipinski definition) is 4. The maximum Gasteiger partial charge on any atom is 0.335 e. The quantitative estimate of drug-likeness (QED) is 0.153. The molecule has 4 aromatic carbocycles. The Balaban J connectivity index is 1.59. The van der Waals surface area contributed by atoms with Crippen molar-refractivity contribution in [1.82, 2.24) is 0 Å². The van der Waals surface area contributed by atoms with Crippen molar-refractivity contribution in [2.75, 3.05) is 7.11 Å². The predicted octanol–water partition coefficient (Wildman–Crippen LogP) is 6.79. The molecule has 0 saturated carbocycles. The van der Waals surface area contributed by atoms with E-state index in [1.165, 1.54) is 17.5 Å². The second kappa shape index (κ2) is 10.4. The fraction of sp³-hybridized carbons (Fsp3) is 0.0714. The average molecular weight is 561 g/mol. The first-order valence-corrected chi connectivity index (χ1v) is 11.5. The Morgan fingerprint density at radius 2 is 1.71 bits per heavy atom. The molecule has 0 radical (unpaired) electrons. The number of ether oxygens (including phenoxy) is 2. The number of methoxy groups -OCH3 is 1. The number of halogens is 1. The van der Waals surface area contributed by atoms with Crippen LogP contribution in [0.25, 0.3) is 22.4 Å². The third-order valence-electron chi connectivity index (χ3n) is 5.32. The van der Waals surface area contributed by atoms with Crippen molar-refractivity contribution in [3.63, 3.8) is 0 Å². The van der Waals surface area contributed by atoms with Crippen LogP contribution >= 0.6 is 22.6 Å². The highest BCUT2D eigenvalue weighted by Gasteiger charge is 2.13. The summed E-state index contributed by atoms with van der Waals surface area (Å²) in [5.74, 6) is 0.197. The lowest BCUT2D eigenvalue weighted by Crippen LogP contribution is -2.00. The molecule has 1 N–H and O–H groups in total. The molecule has 0 atom stereocenters. The van der Waals surface area contributed by atoms with E-state index < -0.39 is 5.97 Å². The van der Waals surface area contributed by atoms with E-state index >= 15 is 0 Å². The summed E-state index contributed by atoms with van der Waals surface area (Å²) in [6.45, 7) is 0.395. The monoisotopic (exact) mass is 561 g/mol. The Morgan fingerprint density at radius 1 is 1.00 bits per heavy atom. The third-order valence-corrected chi connectivity index (χ3v) is 6.12. The molecule has 0 amide bonds. The number of rotatable bonds is 7. The first-order chi connectivity index (χ1) is 16.5. The zero-order valence-corrected chi connectivity index (χ0v) is 20.4. The molecule has 0 aliphatic rings. The Kier molecular flexibility index (Phi) is 7.14. The second-order valence-corrected chi connectivity index (χ2v) is 8.72.